The van der Waals surface area contributed by atoms with Crippen molar-refractivity contribution in [1.29, 1.82) is 0 Å². The van der Waals surface area contributed by atoms with Crippen LogP contribution in [0.15, 0.2) is 18.5 Å². The molecule has 0 aromatic carbocycles. The number of nitrogens with zero attached hydrogens (tertiary/aromatic N) is 6. The molecule has 4 rings (SSSR count). The summed E-state index contributed by atoms with van der Waals surface area (Å²) in [5, 5.41) is 7.08. The first kappa shape index (κ1) is 17.9. The quantitative estimate of drug-likeness (QED) is 0.878. The van der Waals surface area contributed by atoms with Gasteiger partial charge in [0.25, 0.3) is 5.91 Å². The van der Waals surface area contributed by atoms with E-state index in [0.717, 1.165) is 62.9 Å². The van der Waals surface area contributed by atoms with Crippen LogP contribution in [0.3, 0.4) is 0 Å². The number of amides is 1. The van der Waals surface area contributed by atoms with Crippen LogP contribution in [0.1, 0.15) is 40.5 Å². The van der Waals surface area contributed by atoms with Gasteiger partial charge in [0.1, 0.15) is 0 Å². The minimum absolute atomic E-state index is 0.0293. The summed E-state index contributed by atoms with van der Waals surface area (Å²) in [7, 11) is 2.13. The largest absolute Gasteiger partial charge is 0.338 e. The number of anilines is 1. The van der Waals surface area contributed by atoms with Gasteiger partial charge in [0.05, 0.1) is 11.3 Å². The molecule has 2 fully saturated rings. The van der Waals surface area contributed by atoms with E-state index in [1.54, 1.807) is 12.4 Å². The van der Waals surface area contributed by atoms with Gasteiger partial charge >= 0.3 is 0 Å². The Bertz CT molecular complexity index is 783. The smallest absolute Gasteiger partial charge is 0.257 e. The molecule has 1 atom stereocenters. The number of aromatic amines is 1. The molecular weight excluding hydrogens is 342 g/mol. The van der Waals surface area contributed by atoms with Crippen LogP contribution < -0.4 is 4.90 Å². The normalized spacial score (nSPS) is 21.5. The Morgan fingerprint density at radius 3 is 2.74 bits per heavy atom. The van der Waals surface area contributed by atoms with Crippen LogP contribution in [-0.2, 0) is 0 Å². The van der Waals surface area contributed by atoms with E-state index in [1.165, 1.54) is 0 Å². The molecule has 0 unspecified atom stereocenters. The van der Waals surface area contributed by atoms with Gasteiger partial charge in [-0.05, 0) is 32.9 Å². The summed E-state index contributed by atoms with van der Waals surface area (Å²) in [4.78, 5) is 28.6. The summed E-state index contributed by atoms with van der Waals surface area (Å²) < 4.78 is 0. The number of H-pyrrole nitrogens is 1. The molecule has 1 amide bonds. The Balaban J connectivity index is 1.47. The van der Waals surface area contributed by atoms with Gasteiger partial charge in [-0.3, -0.25) is 9.89 Å². The van der Waals surface area contributed by atoms with Crippen LogP contribution in [-0.4, -0.2) is 82.2 Å². The molecule has 0 spiro atoms. The van der Waals surface area contributed by atoms with Gasteiger partial charge in [-0.25, -0.2) is 9.97 Å². The Kier molecular flexibility index (Phi) is 5.07. The minimum atomic E-state index is 0.0293. The Morgan fingerprint density at radius 1 is 1.22 bits per heavy atom. The average Bonchev–Trinajstić information content (AvgIpc) is 3.23. The molecule has 8 nitrogen and oxygen atoms in total. The van der Waals surface area contributed by atoms with E-state index < -0.39 is 0 Å². The summed E-state index contributed by atoms with van der Waals surface area (Å²) in [5.74, 6) is 1.07. The molecule has 2 aromatic heterocycles. The van der Waals surface area contributed by atoms with Gasteiger partial charge in [0.15, 0.2) is 0 Å². The molecular formula is C19H27N7O. The van der Waals surface area contributed by atoms with E-state index in [2.05, 4.69) is 37.0 Å². The zero-order chi connectivity index (χ0) is 18.8. The van der Waals surface area contributed by atoms with Crippen molar-refractivity contribution >= 4 is 11.9 Å². The van der Waals surface area contributed by atoms with Crippen molar-refractivity contribution in [2.75, 3.05) is 51.2 Å². The predicted molar refractivity (Wildman–Crippen MR) is 103 cm³/mol. The second-order valence-electron chi connectivity index (χ2n) is 7.56. The van der Waals surface area contributed by atoms with Gasteiger partial charge in [0.2, 0.25) is 5.95 Å². The Morgan fingerprint density at radius 2 is 2.04 bits per heavy atom. The maximum absolute atomic E-state index is 13.1. The lowest BCUT2D eigenvalue weighted by atomic mass is 9.94. The molecule has 1 N–H and O–H groups in total. The van der Waals surface area contributed by atoms with Gasteiger partial charge in [-0.15, -0.1) is 0 Å². The first-order valence-corrected chi connectivity index (χ1v) is 9.67. The van der Waals surface area contributed by atoms with Crippen LogP contribution in [0.2, 0.25) is 0 Å². The monoisotopic (exact) mass is 369 g/mol. The van der Waals surface area contributed by atoms with E-state index in [4.69, 9.17) is 0 Å². The summed E-state index contributed by atoms with van der Waals surface area (Å²) in [6, 6.07) is 2.00. The van der Waals surface area contributed by atoms with Gasteiger partial charge in [-0.2, -0.15) is 5.10 Å². The molecule has 0 radical (unpaired) electrons. The van der Waals surface area contributed by atoms with E-state index in [-0.39, 0.29) is 5.91 Å². The van der Waals surface area contributed by atoms with Crippen LogP contribution in [0.4, 0.5) is 5.95 Å². The first-order valence-electron chi connectivity index (χ1n) is 9.67. The molecule has 0 bridgehead atoms. The fraction of sp³-hybridized carbons (Fsp3) is 0.579. The number of likely N-dealkylation sites (N-methyl/N-ethyl adjacent to an activating group) is 1. The fourth-order valence-electron chi connectivity index (χ4n) is 3.90. The molecule has 144 valence electrons. The number of aryl methyl sites for hydroxylation is 1. The number of hydrogen-bond acceptors (Lipinski definition) is 6. The lowest BCUT2D eigenvalue weighted by Gasteiger charge is -2.33. The highest BCUT2D eigenvalue weighted by Crippen LogP contribution is 2.26. The SMILES string of the molecule is Cc1nc(N2CCN(C)CC2)ncc1C(=O)N1CCC[C@H](c2ccn[nH]2)C1. The summed E-state index contributed by atoms with van der Waals surface area (Å²) >= 11 is 0. The minimum Gasteiger partial charge on any atom is -0.338 e. The van der Waals surface area contributed by atoms with Gasteiger partial charge in [-0.1, -0.05) is 0 Å². The van der Waals surface area contributed by atoms with E-state index in [1.807, 2.05) is 17.9 Å². The van der Waals surface area contributed by atoms with Crippen LogP contribution >= 0.6 is 0 Å². The maximum atomic E-state index is 13.1. The van der Waals surface area contributed by atoms with E-state index in [0.29, 0.717) is 18.0 Å². The lowest BCUT2D eigenvalue weighted by Crippen LogP contribution is -2.45. The molecule has 0 saturated carbocycles. The van der Waals surface area contributed by atoms with Crippen molar-refractivity contribution in [3.63, 3.8) is 0 Å². The second-order valence-corrected chi connectivity index (χ2v) is 7.56. The summed E-state index contributed by atoms with van der Waals surface area (Å²) in [5.41, 5.74) is 2.47. The van der Waals surface area contributed by atoms with Gasteiger partial charge < -0.3 is 14.7 Å². The van der Waals surface area contributed by atoms with Crippen LogP contribution in [0.5, 0.6) is 0 Å². The number of piperazine rings is 1. The third kappa shape index (κ3) is 3.80. The van der Waals surface area contributed by atoms with Crippen molar-refractivity contribution < 1.29 is 4.79 Å². The van der Waals surface area contributed by atoms with E-state index >= 15 is 0 Å². The second kappa shape index (κ2) is 7.64. The topological polar surface area (TPSA) is 81.2 Å². The number of nitrogens with one attached hydrogen (secondary N) is 1. The Labute approximate surface area is 159 Å². The zero-order valence-corrected chi connectivity index (χ0v) is 16.1. The van der Waals surface area contributed by atoms with Gasteiger partial charge in [0, 0.05) is 63.3 Å². The van der Waals surface area contributed by atoms with Crippen molar-refractivity contribution in [2.24, 2.45) is 0 Å². The number of rotatable bonds is 3. The molecule has 0 aliphatic carbocycles. The third-order valence-electron chi connectivity index (χ3n) is 5.65. The van der Waals surface area contributed by atoms with Crippen molar-refractivity contribution in [2.45, 2.75) is 25.7 Å². The zero-order valence-electron chi connectivity index (χ0n) is 16.1. The molecule has 4 heterocycles. The number of carbonyl (C=O) groups excluding carboxylic acids is 1. The molecule has 27 heavy (non-hydrogen) atoms. The molecule has 2 aliphatic rings. The van der Waals surface area contributed by atoms with Crippen molar-refractivity contribution in [3.8, 4) is 0 Å². The Hall–Kier alpha value is -2.48. The number of likely N-dealkylation sites (tertiary alicyclic amines) is 1. The van der Waals surface area contributed by atoms with E-state index in [9.17, 15) is 4.79 Å². The predicted octanol–water partition coefficient (Wildman–Crippen LogP) is 1.28. The van der Waals surface area contributed by atoms with Crippen molar-refractivity contribution in [1.82, 2.24) is 30.0 Å². The van der Waals surface area contributed by atoms with Crippen LogP contribution in [0, 0.1) is 6.92 Å². The highest BCUT2D eigenvalue weighted by atomic mass is 16.2. The maximum Gasteiger partial charge on any atom is 0.257 e. The number of aromatic nitrogens is 4. The third-order valence-corrected chi connectivity index (χ3v) is 5.65. The standard InChI is InChI=1S/C19H27N7O/c1-14-16(12-20-19(22-14)25-10-8-24(2)9-11-25)18(27)26-7-3-4-15(13-26)17-5-6-21-23-17/h5-6,12,15H,3-4,7-11,13H2,1-2H3,(H,21,23)/t15-/m0/s1. The molecule has 2 saturated heterocycles. The number of piperidine rings is 1. The number of hydrogen-bond donors (Lipinski definition) is 1. The van der Waals surface area contributed by atoms with Crippen molar-refractivity contribution in [3.05, 3.63) is 35.4 Å². The average molecular weight is 369 g/mol. The highest BCUT2D eigenvalue weighted by molar-refractivity contribution is 5.95. The molecule has 2 aromatic rings. The summed E-state index contributed by atoms with van der Waals surface area (Å²) in [6.07, 6.45) is 5.54. The van der Waals surface area contributed by atoms with Crippen LogP contribution in [0.25, 0.3) is 0 Å². The fourth-order valence-corrected chi connectivity index (χ4v) is 3.90. The molecule has 8 heteroatoms. The lowest BCUT2D eigenvalue weighted by molar-refractivity contribution is 0.0704. The summed E-state index contributed by atoms with van der Waals surface area (Å²) in [6.45, 7) is 7.24. The first-order chi connectivity index (χ1) is 13.1. The molecule has 2 aliphatic heterocycles. The highest BCUT2D eigenvalue weighted by Gasteiger charge is 2.28. The number of carbonyl (C=O) groups is 1.